The zero-order chi connectivity index (χ0) is 20.3. The standard InChI is InChI=1S/C19H15Cl3N2O4/c20-12-2-1-3-16(8-12)24-9-11(4-18(24)26)19(27)28-10-17(25)23-15-6-13(21)5-14(22)7-15/h1-3,5-8,11H,4,9-10H2,(H,23,25)/t11-/m1/s1. The van der Waals surface area contributed by atoms with Gasteiger partial charge in [0.1, 0.15) is 0 Å². The van der Waals surface area contributed by atoms with Gasteiger partial charge in [0.25, 0.3) is 5.91 Å². The first-order valence-corrected chi connectivity index (χ1v) is 9.44. The highest BCUT2D eigenvalue weighted by Crippen LogP contribution is 2.28. The van der Waals surface area contributed by atoms with E-state index in [4.69, 9.17) is 39.5 Å². The molecule has 28 heavy (non-hydrogen) atoms. The van der Waals surface area contributed by atoms with Gasteiger partial charge in [-0.1, -0.05) is 40.9 Å². The number of carbonyl (C=O) groups excluding carboxylic acids is 3. The van der Waals surface area contributed by atoms with E-state index in [1.807, 2.05) is 0 Å². The Kier molecular flexibility index (Phi) is 6.44. The number of benzene rings is 2. The smallest absolute Gasteiger partial charge is 0.311 e. The van der Waals surface area contributed by atoms with Crippen molar-refractivity contribution in [3.63, 3.8) is 0 Å². The Morgan fingerprint density at radius 1 is 1.07 bits per heavy atom. The molecule has 146 valence electrons. The molecule has 2 amide bonds. The van der Waals surface area contributed by atoms with Gasteiger partial charge < -0.3 is 15.0 Å². The molecule has 3 rings (SSSR count). The van der Waals surface area contributed by atoms with Crippen molar-refractivity contribution in [3.05, 3.63) is 57.5 Å². The number of amides is 2. The van der Waals surface area contributed by atoms with E-state index < -0.39 is 24.4 Å². The summed E-state index contributed by atoms with van der Waals surface area (Å²) in [6, 6.07) is 11.4. The third-order valence-corrected chi connectivity index (χ3v) is 4.74. The Morgan fingerprint density at radius 3 is 2.46 bits per heavy atom. The van der Waals surface area contributed by atoms with Crippen LogP contribution in [0, 0.1) is 5.92 Å². The number of nitrogens with one attached hydrogen (secondary N) is 1. The lowest BCUT2D eigenvalue weighted by Crippen LogP contribution is -2.28. The molecular weight excluding hydrogens is 427 g/mol. The minimum absolute atomic E-state index is 0.0108. The normalized spacial score (nSPS) is 16.2. The Labute approximate surface area is 176 Å². The molecule has 1 fully saturated rings. The molecule has 9 heteroatoms. The van der Waals surface area contributed by atoms with Gasteiger partial charge in [-0.15, -0.1) is 0 Å². The second-order valence-electron chi connectivity index (χ2n) is 6.20. The number of hydrogen-bond acceptors (Lipinski definition) is 4. The van der Waals surface area contributed by atoms with Gasteiger partial charge in [0.05, 0.1) is 5.92 Å². The van der Waals surface area contributed by atoms with Crippen LogP contribution in [-0.4, -0.2) is 30.9 Å². The van der Waals surface area contributed by atoms with Gasteiger partial charge >= 0.3 is 5.97 Å². The molecule has 6 nitrogen and oxygen atoms in total. The number of nitrogens with zero attached hydrogens (tertiary/aromatic N) is 1. The van der Waals surface area contributed by atoms with Crippen molar-refractivity contribution in [2.75, 3.05) is 23.4 Å². The lowest BCUT2D eigenvalue weighted by molar-refractivity contribution is -0.151. The Balaban J connectivity index is 1.53. The average Bonchev–Trinajstić information content (AvgIpc) is 3.00. The van der Waals surface area contributed by atoms with Crippen molar-refractivity contribution in [1.82, 2.24) is 0 Å². The number of anilines is 2. The third kappa shape index (κ3) is 5.16. The minimum Gasteiger partial charge on any atom is -0.455 e. The van der Waals surface area contributed by atoms with Crippen LogP contribution in [0.1, 0.15) is 6.42 Å². The predicted molar refractivity (Wildman–Crippen MR) is 108 cm³/mol. The summed E-state index contributed by atoms with van der Waals surface area (Å²) in [5.41, 5.74) is 1.00. The molecule has 0 aromatic heterocycles. The number of esters is 1. The molecule has 0 saturated carbocycles. The van der Waals surface area contributed by atoms with Crippen LogP contribution in [0.5, 0.6) is 0 Å². The summed E-state index contributed by atoms with van der Waals surface area (Å²) in [5.74, 6) is -2.01. The predicted octanol–water partition coefficient (Wildman–Crippen LogP) is 4.18. The highest BCUT2D eigenvalue weighted by Gasteiger charge is 2.36. The van der Waals surface area contributed by atoms with Crippen LogP contribution >= 0.6 is 34.8 Å². The van der Waals surface area contributed by atoms with Crippen LogP contribution in [-0.2, 0) is 19.1 Å². The van der Waals surface area contributed by atoms with Gasteiger partial charge in [-0.2, -0.15) is 0 Å². The molecule has 0 radical (unpaired) electrons. The summed E-state index contributed by atoms with van der Waals surface area (Å²) < 4.78 is 5.05. The minimum atomic E-state index is -0.653. The van der Waals surface area contributed by atoms with Crippen LogP contribution in [0.4, 0.5) is 11.4 Å². The number of hydrogen-bond donors (Lipinski definition) is 1. The van der Waals surface area contributed by atoms with Gasteiger partial charge in [0.2, 0.25) is 5.91 Å². The monoisotopic (exact) mass is 440 g/mol. The fraction of sp³-hybridized carbons (Fsp3) is 0.211. The zero-order valence-electron chi connectivity index (χ0n) is 14.5. The first-order chi connectivity index (χ1) is 13.3. The summed E-state index contributed by atoms with van der Waals surface area (Å²) in [4.78, 5) is 37.9. The second-order valence-corrected chi connectivity index (χ2v) is 7.51. The first-order valence-electron chi connectivity index (χ1n) is 8.30. The highest BCUT2D eigenvalue weighted by molar-refractivity contribution is 6.35. The Morgan fingerprint density at radius 2 is 1.79 bits per heavy atom. The van der Waals surface area contributed by atoms with Crippen LogP contribution in [0.2, 0.25) is 15.1 Å². The highest BCUT2D eigenvalue weighted by atomic mass is 35.5. The summed E-state index contributed by atoms with van der Waals surface area (Å²) >= 11 is 17.7. The summed E-state index contributed by atoms with van der Waals surface area (Å²) in [7, 11) is 0. The topological polar surface area (TPSA) is 75.7 Å². The molecule has 1 aliphatic rings. The van der Waals surface area contributed by atoms with Crippen molar-refractivity contribution in [3.8, 4) is 0 Å². The van der Waals surface area contributed by atoms with E-state index in [-0.39, 0.29) is 18.9 Å². The number of ether oxygens (including phenoxy) is 1. The molecule has 2 aromatic carbocycles. The fourth-order valence-electron chi connectivity index (χ4n) is 2.84. The Hall–Kier alpha value is -2.28. The van der Waals surface area contributed by atoms with E-state index in [9.17, 15) is 14.4 Å². The average molecular weight is 442 g/mol. The molecule has 0 aliphatic carbocycles. The van der Waals surface area contributed by atoms with Gasteiger partial charge in [-0.3, -0.25) is 14.4 Å². The first kappa shape index (κ1) is 20.5. The zero-order valence-corrected chi connectivity index (χ0v) is 16.7. The van der Waals surface area contributed by atoms with E-state index in [1.165, 1.54) is 23.1 Å². The summed E-state index contributed by atoms with van der Waals surface area (Å²) in [6.07, 6.45) is 0.0108. The molecule has 1 heterocycles. The number of halogens is 3. The van der Waals surface area contributed by atoms with Crippen molar-refractivity contribution >= 4 is 64.0 Å². The van der Waals surface area contributed by atoms with Gasteiger partial charge in [-0.05, 0) is 36.4 Å². The maximum absolute atomic E-state index is 12.3. The van der Waals surface area contributed by atoms with Crippen molar-refractivity contribution in [2.45, 2.75) is 6.42 Å². The van der Waals surface area contributed by atoms with Crippen LogP contribution in [0.15, 0.2) is 42.5 Å². The van der Waals surface area contributed by atoms with E-state index in [0.717, 1.165) is 0 Å². The fourth-order valence-corrected chi connectivity index (χ4v) is 3.55. The molecule has 1 N–H and O–H groups in total. The Bertz CT molecular complexity index is 915. The van der Waals surface area contributed by atoms with E-state index >= 15 is 0 Å². The molecule has 0 bridgehead atoms. The van der Waals surface area contributed by atoms with Crippen LogP contribution in [0.25, 0.3) is 0 Å². The number of carbonyl (C=O) groups is 3. The molecule has 0 spiro atoms. The lowest BCUT2D eigenvalue weighted by Gasteiger charge is -2.16. The molecule has 1 atom stereocenters. The lowest BCUT2D eigenvalue weighted by atomic mass is 10.1. The summed E-state index contributed by atoms with van der Waals surface area (Å²) in [6.45, 7) is -0.311. The quantitative estimate of drug-likeness (QED) is 0.706. The van der Waals surface area contributed by atoms with Gasteiger partial charge in [0, 0.05) is 39.4 Å². The van der Waals surface area contributed by atoms with Gasteiger partial charge in [0.15, 0.2) is 6.61 Å². The van der Waals surface area contributed by atoms with Crippen molar-refractivity contribution < 1.29 is 19.1 Å². The van der Waals surface area contributed by atoms with Crippen molar-refractivity contribution in [2.24, 2.45) is 5.92 Å². The maximum atomic E-state index is 12.3. The molecular formula is C19H15Cl3N2O4. The summed E-state index contributed by atoms with van der Waals surface area (Å²) in [5, 5.41) is 3.77. The second kappa shape index (κ2) is 8.82. The SMILES string of the molecule is O=C(COC(=O)[C@@H]1CC(=O)N(c2cccc(Cl)c2)C1)Nc1cc(Cl)cc(Cl)c1. The van der Waals surface area contributed by atoms with Crippen LogP contribution < -0.4 is 10.2 Å². The molecule has 1 saturated heterocycles. The van der Waals surface area contributed by atoms with Crippen molar-refractivity contribution in [1.29, 1.82) is 0 Å². The van der Waals surface area contributed by atoms with Crippen LogP contribution in [0.3, 0.4) is 0 Å². The van der Waals surface area contributed by atoms with E-state index in [0.29, 0.717) is 26.4 Å². The van der Waals surface area contributed by atoms with E-state index in [2.05, 4.69) is 5.32 Å². The number of rotatable bonds is 5. The molecule has 2 aromatic rings. The van der Waals surface area contributed by atoms with E-state index in [1.54, 1.807) is 24.3 Å². The third-order valence-electron chi connectivity index (χ3n) is 4.07. The van der Waals surface area contributed by atoms with Gasteiger partial charge in [-0.25, -0.2) is 0 Å². The molecule has 1 aliphatic heterocycles. The molecule has 0 unspecified atom stereocenters. The largest absolute Gasteiger partial charge is 0.455 e. The maximum Gasteiger partial charge on any atom is 0.311 e.